The van der Waals surface area contributed by atoms with Gasteiger partial charge in [0.15, 0.2) is 0 Å². The molecule has 0 aliphatic rings. The van der Waals surface area contributed by atoms with E-state index < -0.39 is 0 Å². The summed E-state index contributed by atoms with van der Waals surface area (Å²) in [5.41, 5.74) is 0. The molecule has 0 spiro atoms. The predicted molar refractivity (Wildman–Crippen MR) is 49.6 cm³/mol. The summed E-state index contributed by atoms with van der Waals surface area (Å²) in [5, 5.41) is 5.47. The molecule has 13 heavy (non-hydrogen) atoms. The van der Waals surface area contributed by atoms with Gasteiger partial charge in [-0.15, -0.1) is 0 Å². The van der Waals surface area contributed by atoms with Crippen LogP contribution in [-0.2, 0) is 14.3 Å². The van der Waals surface area contributed by atoms with Crippen LogP contribution in [0.2, 0.25) is 0 Å². The maximum absolute atomic E-state index is 10.8. The Morgan fingerprint density at radius 2 is 2.15 bits per heavy atom. The second-order valence-electron chi connectivity index (χ2n) is 2.62. The van der Waals surface area contributed by atoms with E-state index in [0.29, 0.717) is 19.7 Å². The van der Waals surface area contributed by atoms with Crippen molar-refractivity contribution in [3.8, 4) is 0 Å². The van der Waals surface area contributed by atoms with Gasteiger partial charge in [-0.05, 0) is 0 Å². The number of likely N-dealkylation sites (N-methyl/N-ethyl adjacent to an activating group) is 1. The van der Waals surface area contributed by atoms with Crippen molar-refractivity contribution in [1.29, 1.82) is 0 Å². The third kappa shape index (κ3) is 6.51. The first kappa shape index (κ1) is 12.3. The van der Waals surface area contributed by atoms with Gasteiger partial charge in [-0.3, -0.25) is 4.79 Å². The first-order valence-electron chi connectivity index (χ1n) is 4.17. The molecule has 0 heterocycles. The van der Waals surface area contributed by atoms with Crippen molar-refractivity contribution < 1.29 is 14.3 Å². The van der Waals surface area contributed by atoms with E-state index >= 15 is 0 Å². The fourth-order valence-electron chi connectivity index (χ4n) is 0.831. The minimum Gasteiger partial charge on any atom is -0.382 e. The summed E-state index contributed by atoms with van der Waals surface area (Å²) in [6.45, 7) is 1.44. The van der Waals surface area contributed by atoms with Gasteiger partial charge in [-0.25, -0.2) is 0 Å². The maximum atomic E-state index is 10.8. The molecule has 1 unspecified atom stereocenters. The van der Waals surface area contributed by atoms with E-state index in [4.69, 9.17) is 9.47 Å². The van der Waals surface area contributed by atoms with Gasteiger partial charge in [0.1, 0.15) is 0 Å². The zero-order valence-electron chi connectivity index (χ0n) is 8.42. The van der Waals surface area contributed by atoms with E-state index in [2.05, 4.69) is 10.6 Å². The summed E-state index contributed by atoms with van der Waals surface area (Å²) in [7, 11) is 4.84. The monoisotopic (exact) mass is 190 g/mol. The van der Waals surface area contributed by atoms with Crippen molar-refractivity contribution >= 4 is 5.91 Å². The minimum absolute atomic E-state index is 0.00495. The van der Waals surface area contributed by atoms with Crippen LogP contribution >= 0.6 is 0 Å². The van der Waals surface area contributed by atoms with E-state index in [9.17, 15) is 4.79 Å². The third-order valence-corrected chi connectivity index (χ3v) is 1.62. The van der Waals surface area contributed by atoms with Crippen molar-refractivity contribution in [1.82, 2.24) is 10.6 Å². The first-order chi connectivity index (χ1) is 6.24. The summed E-state index contributed by atoms with van der Waals surface area (Å²) in [6, 6.07) is 0. The summed E-state index contributed by atoms with van der Waals surface area (Å²) in [4.78, 5) is 10.8. The maximum Gasteiger partial charge on any atom is 0.233 e. The SMILES string of the molecule is CNC(=O)CNCC(COC)OC. The van der Waals surface area contributed by atoms with Crippen molar-refractivity contribution in [2.45, 2.75) is 6.10 Å². The first-order valence-corrected chi connectivity index (χ1v) is 4.17. The molecule has 0 aromatic rings. The largest absolute Gasteiger partial charge is 0.382 e. The molecule has 0 aliphatic carbocycles. The fraction of sp³-hybridized carbons (Fsp3) is 0.875. The van der Waals surface area contributed by atoms with Gasteiger partial charge < -0.3 is 20.1 Å². The highest BCUT2D eigenvalue weighted by molar-refractivity contribution is 5.77. The number of amides is 1. The van der Waals surface area contributed by atoms with Crippen LogP contribution in [0.1, 0.15) is 0 Å². The number of hydrogen-bond donors (Lipinski definition) is 2. The van der Waals surface area contributed by atoms with Crippen LogP contribution in [0.15, 0.2) is 0 Å². The molecule has 1 atom stereocenters. The van der Waals surface area contributed by atoms with Gasteiger partial charge in [0, 0.05) is 27.8 Å². The Balaban J connectivity index is 3.42. The van der Waals surface area contributed by atoms with Crippen LogP contribution in [0.4, 0.5) is 0 Å². The number of nitrogens with one attached hydrogen (secondary N) is 2. The van der Waals surface area contributed by atoms with E-state index in [1.807, 2.05) is 0 Å². The molecular weight excluding hydrogens is 172 g/mol. The second-order valence-corrected chi connectivity index (χ2v) is 2.62. The van der Waals surface area contributed by atoms with Crippen LogP contribution in [-0.4, -0.2) is 53.0 Å². The predicted octanol–water partition coefficient (Wildman–Crippen LogP) is -1.02. The molecule has 0 aromatic heterocycles. The molecule has 0 rings (SSSR count). The normalized spacial score (nSPS) is 12.5. The zero-order valence-corrected chi connectivity index (χ0v) is 8.42. The number of hydrogen-bond acceptors (Lipinski definition) is 4. The lowest BCUT2D eigenvalue weighted by molar-refractivity contribution is -0.119. The molecule has 2 N–H and O–H groups in total. The molecular formula is C8H18N2O3. The van der Waals surface area contributed by atoms with Crippen LogP contribution < -0.4 is 10.6 Å². The smallest absolute Gasteiger partial charge is 0.233 e. The van der Waals surface area contributed by atoms with Crippen molar-refractivity contribution in [2.24, 2.45) is 0 Å². The summed E-state index contributed by atoms with van der Waals surface area (Å²) in [6.07, 6.45) is -0.00495. The highest BCUT2D eigenvalue weighted by Gasteiger charge is 2.06. The molecule has 5 nitrogen and oxygen atoms in total. The van der Waals surface area contributed by atoms with E-state index in [1.165, 1.54) is 0 Å². The summed E-state index contributed by atoms with van der Waals surface area (Å²) in [5.74, 6) is -0.0349. The minimum atomic E-state index is -0.0349. The Kier molecular flexibility index (Phi) is 7.57. The van der Waals surface area contributed by atoms with Crippen molar-refractivity contribution in [2.75, 3.05) is 41.0 Å². The molecule has 0 aliphatic heterocycles. The van der Waals surface area contributed by atoms with Gasteiger partial charge in [-0.2, -0.15) is 0 Å². The number of rotatable bonds is 7. The lowest BCUT2D eigenvalue weighted by Gasteiger charge is -2.14. The van der Waals surface area contributed by atoms with Gasteiger partial charge in [-0.1, -0.05) is 0 Å². The fourth-order valence-corrected chi connectivity index (χ4v) is 0.831. The highest BCUT2D eigenvalue weighted by atomic mass is 16.5. The molecule has 1 amide bonds. The standard InChI is InChI=1S/C8H18N2O3/c1-9-8(11)5-10-4-7(13-3)6-12-2/h7,10H,4-6H2,1-3H3,(H,9,11). The van der Waals surface area contributed by atoms with E-state index in [1.54, 1.807) is 21.3 Å². The highest BCUT2D eigenvalue weighted by Crippen LogP contribution is 1.87. The van der Waals surface area contributed by atoms with E-state index in [0.717, 1.165) is 0 Å². The molecule has 5 heteroatoms. The topological polar surface area (TPSA) is 59.6 Å². The Bertz CT molecular complexity index is 141. The van der Waals surface area contributed by atoms with Gasteiger partial charge in [0.05, 0.1) is 19.3 Å². The third-order valence-electron chi connectivity index (χ3n) is 1.62. The van der Waals surface area contributed by atoms with Crippen LogP contribution in [0, 0.1) is 0 Å². The molecule has 0 saturated carbocycles. The molecule has 0 bridgehead atoms. The average Bonchev–Trinajstić information content (AvgIpc) is 2.16. The number of carbonyl (C=O) groups excluding carboxylic acids is 1. The van der Waals surface area contributed by atoms with Gasteiger partial charge in [0.2, 0.25) is 5.91 Å². The molecule has 0 aromatic carbocycles. The summed E-state index contributed by atoms with van der Waals surface area (Å²) < 4.78 is 10.0. The van der Waals surface area contributed by atoms with Crippen LogP contribution in [0.5, 0.6) is 0 Å². The van der Waals surface area contributed by atoms with Crippen LogP contribution in [0.25, 0.3) is 0 Å². The number of methoxy groups -OCH3 is 2. The Hall–Kier alpha value is -0.650. The molecule has 0 fully saturated rings. The van der Waals surface area contributed by atoms with E-state index in [-0.39, 0.29) is 12.0 Å². The quantitative estimate of drug-likeness (QED) is 0.539. The summed E-state index contributed by atoms with van der Waals surface area (Å²) >= 11 is 0. The van der Waals surface area contributed by atoms with Crippen molar-refractivity contribution in [3.63, 3.8) is 0 Å². The number of carbonyl (C=O) groups is 1. The molecule has 78 valence electrons. The lowest BCUT2D eigenvalue weighted by atomic mass is 10.3. The molecule has 0 radical (unpaired) electrons. The Labute approximate surface area is 78.8 Å². The second kappa shape index (κ2) is 7.97. The van der Waals surface area contributed by atoms with Gasteiger partial charge >= 0.3 is 0 Å². The zero-order chi connectivity index (χ0) is 10.1. The Morgan fingerprint density at radius 3 is 2.62 bits per heavy atom. The number of ether oxygens (including phenoxy) is 2. The average molecular weight is 190 g/mol. The van der Waals surface area contributed by atoms with Gasteiger partial charge in [0.25, 0.3) is 0 Å². The Morgan fingerprint density at radius 1 is 1.46 bits per heavy atom. The van der Waals surface area contributed by atoms with Crippen molar-refractivity contribution in [3.05, 3.63) is 0 Å². The lowest BCUT2D eigenvalue weighted by Crippen LogP contribution is -2.37. The van der Waals surface area contributed by atoms with Crippen LogP contribution in [0.3, 0.4) is 0 Å². The molecule has 0 saturated heterocycles.